The number of alkyl halides is 5. The van der Waals surface area contributed by atoms with Crippen LogP contribution in [0.2, 0.25) is 0 Å². The van der Waals surface area contributed by atoms with Gasteiger partial charge in [0.25, 0.3) is 0 Å². The highest BCUT2D eigenvalue weighted by molar-refractivity contribution is 5.80. The molecule has 0 spiro atoms. The Kier molecular flexibility index (Phi) is 3.39. The van der Waals surface area contributed by atoms with Gasteiger partial charge in [-0.3, -0.25) is 4.79 Å². The van der Waals surface area contributed by atoms with Crippen LogP contribution in [-0.4, -0.2) is 41.0 Å². The molecular weight excluding hydrogens is 247 g/mol. The van der Waals surface area contributed by atoms with Crippen molar-refractivity contribution in [3.8, 4) is 0 Å². The number of likely N-dealkylation sites (tertiary alicyclic amines) is 1. The van der Waals surface area contributed by atoms with Gasteiger partial charge in [0.05, 0.1) is 0 Å². The smallest absolute Gasteiger partial charge is 0.329 e. The monoisotopic (exact) mass is 260 g/mol. The summed E-state index contributed by atoms with van der Waals surface area (Å²) in [5, 5.41) is 0. The van der Waals surface area contributed by atoms with Crippen molar-refractivity contribution in [3.63, 3.8) is 0 Å². The molecule has 1 saturated heterocycles. The lowest BCUT2D eigenvalue weighted by molar-refractivity contribution is -0.302. The van der Waals surface area contributed by atoms with Crippen molar-refractivity contribution in [1.29, 1.82) is 0 Å². The molecule has 100 valence electrons. The van der Waals surface area contributed by atoms with Crippen molar-refractivity contribution in [2.75, 3.05) is 0 Å². The van der Waals surface area contributed by atoms with Gasteiger partial charge < -0.3 is 10.6 Å². The van der Waals surface area contributed by atoms with Crippen molar-refractivity contribution >= 4 is 5.91 Å². The zero-order valence-corrected chi connectivity index (χ0v) is 9.26. The fourth-order valence-electron chi connectivity index (χ4n) is 2.00. The van der Waals surface area contributed by atoms with Crippen LogP contribution in [-0.2, 0) is 4.79 Å². The van der Waals surface area contributed by atoms with Crippen LogP contribution in [0.1, 0.15) is 20.3 Å². The number of halogens is 5. The number of carbonyl (C=O) groups excluding carboxylic acids is 1. The maximum Gasteiger partial charge on any atom is 0.455 e. The molecule has 0 aliphatic carbocycles. The van der Waals surface area contributed by atoms with E-state index in [0.717, 1.165) is 0 Å². The van der Waals surface area contributed by atoms with Crippen molar-refractivity contribution in [2.24, 2.45) is 5.73 Å². The first-order chi connectivity index (χ1) is 7.50. The van der Waals surface area contributed by atoms with Gasteiger partial charge in [0.15, 0.2) is 0 Å². The Morgan fingerprint density at radius 3 is 2.12 bits per heavy atom. The maximum absolute atomic E-state index is 13.3. The maximum atomic E-state index is 13.3. The van der Waals surface area contributed by atoms with Crippen LogP contribution in [0, 0.1) is 0 Å². The third-order valence-electron chi connectivity index (χ3n) is 2.71. The van der Waals surface area contributed by atoms with Crippen LogP contribution < -0.4 is 5.73 Å². The molecule has 2 atom stereocenters. The van der Waals surface area contributed by atoms with E-state index in [1.165, 1.54) is 13.8 Å². The Labute approximate surface area is 94.7 Å². The first kappa shape index (κ1) is 14.1. The molecule has 0 saturated carbocycles. The Bertz CT molecular complexity index is 315. The summed E-state index contributed by atoms with van der Waals surface area (Å²) in [4.78, 5) is 11.9. The lowest BCUT2D eigenvalue weighted by atomic mass is 10.0. The van der Waals surface area contributed by atoms with Crippen LogP contribution in [0.4, 0.5) is 22.0 Å². The zero-order chi connectivity index (χ0) is 13.6. The molecule has 0 aromatic carbocycles. The largest absolute Gasteiger partial charge is 0.455 e. The number of amides is 1. The predicted molar refractivity (Wildman–Crippen MR) is 49.4 cm³/mol. The first-order valence-corrected chi connectivity index (χ1v) is 5.01. The molecule has 1 fully saturated rings. The molecular formula is C9H13F5N2O. The van der Waals surface area contributed by atoms with Gasteiger partial charge in [0.1, 0.15) is 6.04 Å². The van der Waals surface area contributed by atoms with E-state index in [2.05, 4.69) is 0 Å². The second-order valence-corrected chi connectivity index (χ2v) is 4.33. The van der Waals surface area contributed by atoms with E-state index in [1.807, 2.05) is 0 Å². The summed E-state index contributed by atoms with van der Waals surface area (Å²) in [6.07, 6.45) is -6.21. The van der Waals surface area contributed by atoms with Crippen LogP contribution >= 0.6 is 0 Å². The number of carbonyl (C=O) groups is 1. The first-order valence-electron chi connectivity index (χ1n) is 5.01. The van der Waals surface area contributed by atoms with Crippen LogP contribution in [0.3, 0.4) is 0 Å². The highest BCUT2D eigenvalue weighted by Gasteiger charge is 2.67. The van der Waals surface area contributed by atoms with Gasteiger partial charge in [0, 0.05) is 18.5 Å². The Hall–Kier alpha value is -0.920. The lowest BCUT2D eigenvalue weighted by Crippen LogP contribution is -2.60. The average molecular weight is 260 g/mol. The minimum Gasteiger partial charge on any atom is -0.329 e. The Morgan fingerprint density at radius 2 is 1.76 bits per heavy atom. The normalized spacial score (nSPS) is 27.1. The molecule has 8 heteroatoms. The molecule has 1 rings (SSSR count). The molecule has 1 amide bonds. The highest BCUT2D eigenvalue weighted by atomic mass is 19.4. The van der Waals surface area contributed by atoms with E-state index in [1.54, 1.807) is 0 Å². The van der Waals surface area contributed by atoms with Crippen LogP contribution in [0.15, 0.2) is 0 Å². The molecule has 0 aromatic rings. The van der Waals surface area contributed by atoms with Gasteiger partial charge in [-0.2, -0.15) is 22.0 Å². The number of nitrogens with zero attached hydrogens (tertiary/aromatic N) is 1. The van der Waals surface area contributed by atoms with E-state index >= 15 is 0 Å². The van der Waals surface area contributed by atoms with Crippen molar-refractivity contribution in [2.45, 2.75) is 50.5 Å². The van der Waals surface area contributed by atoms with E-state index in [0.29, 0.717) is 4.90 Å². The molecule has 0 radical (unpaired) electrons. The minimum absolute atomic E-state index is 0.492. The predicted octanol–water partition coefficient (Wildman–Crippen LogP) is 1.52. The zero-order valence-electron chi connectivity index (χ0n) is 9.26. The van der Waals surface area contributed by atoms with Crippen molar-refractivity contribution < 1.29 is 26.7 Å². The van der Waals surface area contributed by atoms with Crippen molar-refractivity contribution in [1.82, 2.24) is 4.90 Å². The van der Waals surface area contributed by atoms with E-state index in [-0.39, 0.29) is 0 Å². The van der Waals surface area contributed by atoms with Gasteiger partial charge in [-0.05, 0) is 13.8 Å². The highest BCUT2D eigenvalue weighted by Crippen LogP contribution is 2.43. The second kappa shape index (κ2) is 4.08. The van der Waals surface area contributed by atoms with Crippen LogP contribution in [0.5, 0.6) is 0 Å². The fourth-order valence-corrected chi connectivity index (χ4v) is 2.00. The molecule has 3 nitrogen and oxygen atoms in total. The average Bonchev–Trinajstić information content (AvgIpc) is 2.38. The summed E-state index contributed by atoms with van der Waals surface area (Å²) in [7, 11) is 0. The topological polar surface area (TPSA) is 46.3 Å². The van der Waals surface area contributed by atoms with E-state index in [4.69, 9.17) is 5.73 Å². The van der Waals surface area contributed by atoms with Gasteiger partial charge in [-0.1, -0.05) is 0 Å². The Morgan fingerprint density at radius 1 is 1.29 bits per heavy atom. The minimum atomic E-state index is -5.72. The molecule has 2 unspecified atom stereocenters. The third kappa shape index (κ3) is 2.22. The number of nitrogens with two attached hydrogens (primary N) is 1. The third-order valence-corrected chi connectivity index (χ3v) is 2.71. The molecule has 17 heavy (non-hydrogen) atoms. The van der Waals surface area contributed by atoms with Crippen LogP contribution in [0.25, 0.3) is 0 Å². The summed E-state index contributed by atoms with van der Waals surface area (Å²) in [6, 6.07) is -4.59. The molecule has 1 aliphatic rings. The summed E-state index contributed by atoms with van der Waals surface area (Å²) in [5.41, 5.74) is 5.24. The van der Waals surface area contributed by atoms with Crippen molar-refractivity contribution in [3.05, 3.63) is 0 Å². The molecule has 1 heterocycles. The number of hydrogen-bond acceptors (Lipinski definition) is 2. The summed E-state index contributed by atoms with van der Waals surface area (Å²) in [5.74, 6) is -5.77. The van der Waals surface area contributed by atoms with Gasteiger partial charge in [0.2, 0.25) is 5.91 Å². The van der Waals surface area contributed by atoms with E-state index < -0.39 is 42.6 Å². The standard InChI is InChI=1S/C9H13F5N2O/c1-4(2)16-6(17)3-5(15)7(16)8(10,11)9(12,13)14/h4-5,7H,3,15H2,1-2H3. The summed E-state index contributed by atoms with van der Waals surface area (Å²) in [6.45, 7) is 2.74. The molecule has 1 aliphatic heterocycles. The quantitative estimate of drug-likeness (QED) is 0.765. The fraction of sp³-hybridized carbons (Fsp3) is 0.889. The summed E-state index contributed by atoms with van der Waals surface area (Å²) < 4.78 is 63.4. The second-order valence-electron chi connectivity index (χ2n) is 4.33. The SMILES string of the molecule is CC(C)N1C(=O)CC(N)C1C(F)(F)C(F)(F)F. The Balaban J connectivity index is 3.14. The number of rotatable bonds is 2. The molecule has 0 bridgehead atoms. The molecule has 2 N–H and O–H groups in total. The molecule has 0 aromatic heterocycles. The lowest BCUT2D eigenvalue weighted by Gasteiger charge is -2.36. The summed E-state index contributed by atoms with van der Waals surface area (Å²) >= 11 is 0. The van der Waals surface area contributed by atoms with Gasteiger partial charge in [-0.15, -0.1) is 0 Å². The number of hydrogen-bond donors (Lipinski definition) is 1. The van der Waals surface area contributed by atoms with Gasteiger partial charge in [-0.25, -0.2) is 0 Å². The van der Waals surface area contributed by atoms with E-state index in [9.17, 15) is 26.7 Å². The van der Waals surface area contributed by atoms with Gasteiger partial charge >= 0.3 is 12.1 Å².